The van der Waals surface area contributed by atoms with Gasteiger partial charge in [-0.2, -0.15) is 5.10 Å². The molecule has 0 N–H and O–H groups in total. The van der Waals surface area contributed by atoms with E-state index in [0.29, 0.717) is 11.8 Å². The highest BCUT2D eigenvalue weighted by molar-refractivity contribution is 6.02. The fourth-order valence-electron chi connectivity index (χ4n) is 3.12. The van der Waals surface area contributed by atoms with Crippen molar-refractivity contribution in [2.45, 2.75) is 39.5 Å². The monoisotopic (exact) mass is 330 g/mol. The van der Waals surface area contributed by atoms with Gasteiger partial charge in [0.05, 0.1) is 16.7 Å². The zero-order chi connectivity index (χ0) is 17.6. The van der Waals surface area contributed by atoms with E-state index in [4.69, 9.17) is 10.1 Å². The molecule has 1 aromatic carbocycles. The van der Waals surface area contributed by atoms with Crippen molar-refractivity contribution in [1.82, 2.24) is 19.7 Å². The Morgan fingerprint density at radius 1 is 0.840 bits per heavy atom. The average Bonchev–Trinajstić information content (AvgIpc) is 3.07. The van der Waals surface area contributed by atoms with E-state index in [1.54, 1.807) is 0 Å². The predicted molar refractivity (Wildman–Crippen MR) is 102 cm³/mol. The average molecular weight is 330 g/mol. The van der Waals surface area contributed by atoms with Crippen molar-refractivity contribution in [2.24, 2.45) is 0 Å². The van der Waals surface area contributed by atoms with Crippen molar-refractivity contribution in [3.63, 3.8) is 0 Å². The first-order chi connectivity index (χ1) is 12.0. The fourth-order valence-corrected chi connectivity index (χ4v) is 3.12. The molecule has 0 saturated heterocycles. The molecular weight excluding hydrogens is 308 g/mol. The third-order valence-corrected chi connectivity index (χ3v) is 4.57. The minimum Gasteiger partial charge on any atom is -0.254 e. The number of aromatic nitrogens is 4. The van der Waals surface area contributed by atoms with Gasteiger partial charge in [-0.15, -0.1) is 0 Å². The topological polar surface area (TPSA) is 43.6 Å². The number of hydrogen-bond donors (Lipinski definition) is 0. The van der Waals surface area contributed by atoms with Crippen LogP contribution >= 0.6 is 0 Å². The lowest BCUT2D eigenvalue weighted by atomic mass is 10.1. The third kappa shape index (κ3) is 2.68. The van der Waals surface area contributed by atoms with Gasteiger partial charge in [0, 0.05) is 22.7 Å². The molecule has 0 amide bonds. The summed E-state index contributed by atoms with van der Waals surface area (Å²) in [5, 5.41) is 7.02. The Morgan fingerprint density at radius 3 is 2.28 bits per heavy atom. The van der Waals surface area contributed by atoms with Crippen molar-refractivity contribution < 1.29 is 0 Å². The number of rotatable bonds is 3. The van der Waals surface area contributed by atoms with Crippen LogP contribution in [0.3, 0.4) is 0 Å². The van der Waals surface area contributed by atoms with Gasteiger partial charge >= 0.3 is 0 Å². The van der Waals surface area contributed by atoms with Crippen molar-refractivity contribution in [2.75, 3.05) is 0 Å². The molecule has 0 spiro atoms. The lowest BCUT2D eigenvalue weighted by Crippen LogP contribution is -2.06. The Kier molecular flexibility index (Phi) is 3.75. The van der Waals surface area contributed by atoms with Gasteiger partial charge in [-0.3, -0.25) is 4.98 Å². The Bertz CT molecular complexity index is 1060. The molecular formula is C21H22N4. The molecule has 0 bridgehead atoms. The summed E-state index contributed by atoms with van der Waals surface area (Å²) in [7, 11) is 0. The first kappa shape index (κ1) is 15.8. The van der Waals surface area contributed by atoms with Crippen LogP contribution in [0, 0.1) is 0 Å². The quantitative estimate of drug-likeness (QED) is 0.484. The van der Waals surface area contributed by atoms with Gasteiger partial charge in [-0.25, -0.2) is 9.67 Å². The van der Waals surface area contributed by atoms with Crippen LogP contribution in [0.2, 0.25) is 0 Å². The maximum absolute atomic E-state index is 4.93. The molecule has 0 radical (unpaired) electrons. The third-order valence-electron chi connectivity index (χ3n) is 4.57. The van der Waals surface area contributed by atoms with E-state index >= 15 is 0 Å². The summed E-state index contributed by atoms with van der Waals surface area (Å²) in [5.41, 5.74) is 4.14. The van der Waals surface area contributed by atoms with E-state index < -0.39 is 0 Å². The Balaban J connectivity index is 1.97. The summed E-state index contributed by atoms with van der Waals surface area (Å²) in [6, 6.07) is 14.6. The highest BCUT2D eigenvalue weighted by Gasteiger charge is 2.16. The summed E-state index contributed by atoms with van der Waals surface area (Å²) in [4.78, 5) is 9.47. The number of hydrogen-bond acceptors (Lipinski definition) is 3. The molecule has 0 fully saturated rings. The zero-order valence-electron chi connectivity index (χ0n) is 15.1. The second kappa shape index (κ2) is 5.96. The predicted octanol–water partition coefficient (Wildman–Crippen LogP) is 5.22. The first-order valence-electron chi connectivity index (χ1n) is 8.79. The van der Waals surface area contributed by atoms with Crippen LogP contribution in [-0.2, 0) is 0 Å². The molecule has 4 aromatic rings. The Labute approximate surface area is 147 Å². The minimum atomic E-state index is 0.378. The molecule has 4 heteroatoms. The van der Waals surface area contributed by atoms with Crippen LogP contribution in [0.4, 0.5) is 0 Å². The van der Waals surface area contributed by atoms with Gasteiger partial charge in [0.2, 0.25) is 0 Å². The largest absolute Gasteiger partial charge is 0.254 e. The smallest absolute Gasteiger partial charge is 0.154 e. The molecule has 0 saturated carbocycles. The van der Waals surface area contributed by atoms with Gasteiger partial charge in [-0.1, -0.05) is 45.9 Å². The van der Waals surface area contributed by atoms with Crippen LogP contribution in [0.1, 0.15) is 50.9 Å². The van der Waals surface area contributed by atoms with Crippen LogP contribution in [0.25, 0.3) is 27.6 Å². The molecule has 0 aliphatic carbocycles. The van der Waals surface area contributed by atoms with Gasteiger partial charge in [-0.05, 0) is 36.1 Å². The highest BCUT2D eigenvalue weighted by atomic mass is 15.3. The molecule has 4 nitrogen and oxygen atoms in total. The maximum atomic E-state index is 4.93. The van der Waals surface area contributed by atoms with Crippen molar-refractivity contribution in [3.05, 3.63) is 60.0 Å². The molecule has 0 aliphatic heterocycles. The van der Waals surface area contributed by atoms with E-state index in [0.717, 1.165) is 33.3 Å². The van der Waals surface area contributed by atoms with Crippen LogP contribution in [0.15, 0.2) is 48.7 Å². The van der Waals surface area contributed by atoms with Crippen LogP contribution in [-0.4, -0.2) is 19.7 Å². The van der Waals surface area contributed by atoms with Crippen LogP contribution in [0.5, 0.6) is 0 Å². The van der Waals surface area contributed by atoms with E-state index in [1.165, 1.54) is 5.69 Å². The molecule has 126 valence electrons. The van der Waals surface area contributed by atoms with Crippen LogP contribution < -0.4 is 0 Å². The molecule has 3 heterocycles. The number of pyridine rings is 2. The van der Waals surface area contributed by atoms with E-state index in [9.17, 15) is 0 Å². The summed E-state index contributed by atoms with van der Waals surface area (Å²) in [6.07, 6.45) is 1.82. The van der Waals surface area contributed by atoms with Gasteiger partial charge in [0.25, 0.3) is 0 Å². The molecule has 0 atom stereocenters. The van der Waals surface area contributed by atoms with E-state index in [1.807, 2.05) is 23.0 Å². The van der Waals surface area contributed by atoms with Gasteiger partial charge in [0.15, 0.2) is 5.82 Å². The highest BCUT2D eigenvalue weighted by Crippen LogP contribution is 2.26. The molecule has 4 rings (SSSR count). The zero-order valence-corrected chi connectivity index (χ0v) is 15.1. The molecule has 3 aromatic heterocycles. The second-order valence-corrected chi connectivity index (χ2v) is 7.10. The summed E-state index contributed by atoms with van der Waals surface area (Å²) in [6.45, 7) is 8.72. The van der Waals surface area contributed by atoms with Crippen molar-refractivity contribution in [3.8, 4) is 5.82 Å². The minimum absolute atomic E-state index is 0.378. The fraction of sp³-hybridized carbons (Fsp3) is 0.286. The maximum Gasteiger partial charge on any atom is 0.154 e. The molecule has 25 heavy (non-hydrogen) atoms. The number of nitrogens with zero attached hydrogens (tertiary/aromatic N) is 4. The molecule has 0 aliphatic rings. The lowest BCUT2D eigenvalue weighted by molar-refractivity contribution is 0.704. The van der Waals surface area contributed by atoms with E-state index in [-0.39, 0.29) is 0 Å². The van der Waals surface area contributed by atoms with Gasteiger partial charge < -0.3 is 0 Å². The number of fused-ring (bicyclic) bond motifs is 3. The van der Waals surface area contributed by atoms with E-state index in [2.05, 4.69) is 63.0 Å². The van der Waals surface area contributed by atoms with Crippen molar-refractivity contribution in [1.29, 1.82) is 0 Å². The van der Waals surface area contributed by atoms with Gasteiger partial charge in [0.1, 0.15) is 0 Å². The molecule has 0 unspecified atom stereocenters. The Morgan fingerprint density at radius 2 is 1.56 bits per heavy atom. The van der Waals surface area contributed by atoms with Crippen molar-refractivity contribution >= 4 is 21.8 Å². The Hall–Kier alpha value is -2.75. The summed E-state index contributed by atoms with van der Waals surface area (Å²) < 4.78 is 1.99. The first-order valence-corrected chi connectivity index (χ1v) is 8.79. The lowest BCUT2D eigenvalue weighted by Gasteiger charge is -2.10. The second-order valence-electron chi connectivity index (χ2n) is 7.10. The number of benzene rings is 1. The normalized spacial score (nSPS) is 11.9. The standard InChI is InChI=1S/C21H22N4/c1-13(2)17-12-18(14(3)4)25(24-17)19-10-9-16-8-7-15-6-5-11-22-20(15)21(16)23-19/h5-14H,1-4H3. The summed E-state index contributed by atoms with van der Waals surface area (Å²) >= 11 is 0. The summed E-state index contributed by atoms with van der Waals surface area (Å²) in [5.74, 6) is 1.62. The SMILES string of the molecule is CC(C)c1cc(C(C)C)n(-c2ccc3ccc4cccnc4c3n2)n1.